The van der Waals surface area contributed by atoms with E-state index in [1.54, 1.807) is 0 Å². The third-order valence-electron chi connectivity index (χ3n) is 23.5. The number of rotatable bonds is 15. The molecule has 3 nitrogen and oxygen atoms in total. The standard InChI is InChI=1S/C102H77N3/c1-13-43-76(44-14-1)97(77-45-15-2-16-46-77)91-67-37-38-68-92(91)98(78-47-17-3-18-48-78,79-49-19-4-20-50-79)103(97)88-73-89(104-99(80-51-21-5-22-52-80,81-53-23-6-24-54-81)93-69-39-40-70-94(93)100(104,82-55-25-7-26-56-82)83-57-27-8-28-58-83)75-90(74-88)105-101(84-59-29-9-30-60-84,85-61-31-10-32-62-85)95-71-41-42-72-96(95)102(105,86-63-33-11-34-64-86)87-65-35-12-36-66-87/h1-74,89H,75H2. The number of benzene rings is 15. The number of fused-ring (bicyclic) bond motifs is 3. The van der Waals surface area contributed by atoms with Gasteiger partial charge in [0.2, 0.25) is 0 Å². The molecule has 4 aliphatic rings. The van der Waals surface area contributed by atoms with E-state index >= 15 is 0 Å². The zero-order valence-corrected chi connectivity index (χ0v) is 58.4. The average molecular weight is 1340 g/mol. The Labute approximate surface area is 616 Å². The smallest absolute Gasteiger partial charge is 0.118 e. The Morgan fingerprint density at radius 1 is 0.181 bits per heavy atom. The molecule has 19 rings (SSSR count). The fourth-order valence-corrected chi connectivity index (χ4v) is 20.0. The molecule has 0 saturated carbocycles. The van der Waals surface area contributed by atoms with Gasteiger partial charge in [0, 0.05) is 23.9 Å². The maximum atomic E-state index is 3.03. The second-order valence-corrected chi connectivity index (χ2v) is 28.3. The van der Waals surface area contributed by atoms with Gasteiger partial charge in [0.25, 0.3) is 0 Å². The van der Waals surface area contributed by atoms with Gasteiger partial charge in [-0.3, -0.25) is 4.90 Å². The van der Waals surface area contributed by atoms with Crippen LogP contribution >= 0.6 is 0 Å². The highest BCUT2D eigenvalue weighted by atomic mass is 15.4. The average Bonchev–Trinajstić information content (AvgIpc) is 1.49. The third kappa shape index (κ3) is 9.02. The maximum Gasteiger partial charge on any atom is 0.118 e. The first-order valence-corrected chi connectivity index (χ1v) is 36.9. The Balaban J connectivity index is 1.07. The molecule has 1 unspecified atom stereocenters. The molecule has 15 aromatic carbocycles. The molecule has 15 aromatic rings. The van der Waals surface area contributed by atoms with Crippen LogP contribution in [0.25, 0.3) is 0 Å². The quantitative estimate of drug-likeness (QED) is 0.101. The monoisotopic (exact) mass is 1340 g/mol. The summed E-state index contributed by atoms with van der Waals surface area (Å²) < 4.78 is 0. The summed E-state index contributed by atoms with van der Waals surface area (Å²) in [5.41, 5.74) is 17.2. The van der Waals surface area contributed by atoms with Gasteiger partial charge >= 0.3 is 0 Å². The van der Waals surface area contributed by atoms with Crippen molar-refractivity contribution in [1.29, 1.82) is 0 Å². The molecule has 0 amide bonds. The van der Waals surface area contributed by atoms with Crippen LogP contribution in [0.3, 0.4) is 0 Å². The van der Waals surface area contributed by atoms with Gasteiger partial charge in [-0.2, -0.15) is 0 Å². The molecule has 0 fully saturated rings. The zero-order valence-electron chi connectivity index (χ0n) is 58.4. The Hall–Kier alpha value is -12.7. The van der Waals surface area contributed by atoms with Crippen LogP contribution < -0.4 is 0 Å². The second-order valence-electron chi connectivity index (χ2n) is 28.3. The lowest BCUT2D eigenvalue weighted by atomic mass is 9.73. The van der Waals surface area contributed by atoms with E-state index in [1.165, 1.54) is 55.6 Å². The van der Waals surface area contributed by atoms with Crippen molar-refractivity contribution in [2.45, 2.75) is 45.7 Å². The first kappa shape index (κ1) is 63.3. The molecular formula is C102H77N3. The molecule has 0 spiro atoms. The Kier molecular flexibility index (Phi) is 15.5. The lowest BCUT2D eigenvalue weighted by Gasteiger charge is -2.57. The summed E-state index contributed by atoms with van der Waals surface area (Å²) >= 11 is 0. The molecule has 3 aliphatic heterocycles. The molecule has 0 saturated heterocycles. The van der Waals surface area contributed by atoms with Gasteiger partial charge in [-0.05, 0) is 112 Å². The Morgan fingerprint density at radius 3 is 0.543 bits per heavy atom. The molecule has 3 heteroatoms. The van der Waals surface area contributed by atoms with Crippen molar-refractivity contribution in [3.63, 3.8) is 0 Å². The van der Waals surface area contributed by atoms with Crippen LogP contribution in [0.15, 0.2) is 460 Å². The second kappa shape index (κ2) is 25.7. The summed E-state index contributed by atoms with van der Waals surface area (Å²) in [6, 6.07) is 166. The SMILES string of the molecule is C1=C(N2C(c3ccccc3)(c3ccccc3)c3ccccc3C2(c2ccccc2)c2ccccc2)C=C(N2C(c3ccccc3)(c3ccccc3)c3ccccc3C2(c2ccccc2)c2ccccc2)CC1N1C(c2ccccc2)(c2ccccc2)c2ccccc2C1(c1ccccc1)c1ccccc1. The van der Waals surface area contributed by atoms with Crippen molar-refractivity contribution in [2.24, 2.45) is 0 Å². The predicted molar refractivity (Wildman–Crippen MR) is 426 cm³/mol. The summed E-state index contributed by atoms with van der Waals surface area (Å²) in [5, 5.41) is 0. The molecule has 105 heavy (non-hydrogen) atoms. The normalized spacial score (nSPS) is 17.5. The number of hydrogen-bond acceptors (Lipinski definition) is 3. The molecule has 1 atom stereocenters. The largest absolute Gasteiger partial charge is 0.339 e. The summed E-state index contributed by atoms with van der Waals surface area (Å²) in [5.74, 6) is 0. The fraction of sp³-hybridized carbons (Fsp3) is 0.0784. The van der Waals surface area contributed by atoms with E-state index in [-0.39, 0.29) is 0 Å². The van der Waals surface area contributed by atoms with E-state index in [4.69, 9.17) is 0 Å². The van der Waals surface area contributed by atoms with Gasteiger partial charge in [0.1, 0.15) is 22.2 Å². The first-order valence-electron chi connectivity index (χ1n) is 36.9. The number of hydrogen-bond donors (Lipinski definition) is 0. The van der Waals surface area contributed by atoms with Crippen molar-refractivity contribution in [3.8, 4) is 0 Å². The summed E-state index contributed by atoms with van der Waals surface area (Å²) in [6.45, 7) is 0. The predicted octanol–water partition coefficient (Wildman–Crippen LogP) is 22.3. The van der Waals surface area contributed by atoms with Crippen LogP contribution in [0.4, 0.5) is 0 Å². The Morgan fingerprint density at radius 2 is 0.343 bits per heavy atom. The highest BCUT2D eigenvalue weighted by Gasteiger charge is 2.68. The van der Waals surface area contributed by atoms with Crippen molar-refractivity contribution in [2.75, 3.05) is 0 Å². The Bertz CT molecular complexity index is 5060. The van der Waals surface area contributed by atoms with Crippen molar-refractivity contribution in [1.82, 2.24) is 14.7 Å². The molecule has 0 bridgehead atoms. The summed E-state index contributed by atoms with van der Waals surface area (Å²) in [4.78, 5) is 8.92. The van der Waals surface area contributed by atoms with Crippen LogP contribution in [0.1, 0.15) is 107 Å². The highest BCUT2D eigenvalue weighted by Crippen LogP contribution is 2.69. The third-order valence-corrected chi connectivity index (χ3v) is 23.5. The van der Waals surface area contributed by atoms with Crippen LogP contribution in [0.5, 0.6) is 0 Å². The van der Waals surface area contributed by atoms with E-state index in [1.807, 2.05) is 0 Å². The first-order chi connectivity index (χ1) is 52.1. The minimum absolute atomic E-state index is 0.498. The van der Waals surface area contributed by atoms with Crippen LogP contribution in [-0.4, -0.2) is 20.7 Å². The molecule has 0 radical (unpaired) electrons. The van der Waals surface area contributed by atoms with Gasteiger partial charge in [-0.15, -0.1) is 0 Å². The van der Waals surface area contributed by atoms with Gasteiger partial charge in [-0.25, -0.2) is 0 Å². The highest BCUT2D eigenvalue weighted by molar-refractivity contribution is 5.73. The number of allylic oxidation sites excluding steroid dienone is 1. The van der Waals surface area contributed by atoms with E-state index in [0.717, 1.165) is 55.9 Å². The molecule has 500 valence electrons. The van der Waals surface area contributed by atoms with E-state index in [2.05, 4.69) is 464 Å². The molecule has 1 aliphatic carbocycles. The van der Waals surface area contributed by atoms with Gasteiger partial charge < -0.3 is 9.80 Å². The van der Waals surface area contributed by atoms with E-state index in [0.29, 0.717) is 6.42 Å². The fourth-order valence-electron chi connectivity index (χ4n) is 20.0. The van der Waals surface area contributed by atoms with E-state index in [9.17, 15) is 0 Å². The van der Waals surface area contributed by atoms with Crippen molar-refractivity contribution < 1.29 is 0 Å². The minimum atomic E-state index is -1.04. The van der Waals surface area contributed by atoms with Gasteiger partial charge in [0.15, 0.2) is 0 Å². The number of nitrogens with zero attached hydrogens (tertiary/aromatic N) is 3. The van der Waals surface area contributed by atoms with Crippen molar-refractivity contribution >= 4 is 0 Å². The summed E-state index contributed by atoms with van der Waals surface area (Å²) in [7, 11) is 0. The maximum absolute atomic E-state index is 3.03. The van der Waals surface area contributed by atoms with Gasteiger partial charge in [-0.1, -0.05) is 437 Å². The van der Waals surface area contributed by atoms with Crippen LogP contribution in [0, 0.1) is 0 Å². The minimum Gasteiger partial charge on any atom is -0.339 e. The molecule has 3 heterocycles. The van der Waals surface area contributed by atoms with Crippen molar-refractivity contribution in [3.05, 3.63) is 560 Å². The lowest BCUT2D eigenvalue weighted by molar-refractivity contribution is 0.0474. The summed E-state index contributed by atoms with van der Waals surface area (Å²) in [6.07, 6.45) is 5.97. The topological polar surface area (TPSA) is 9.72 Å². The molecule has 0 aromatic heterocycles. The van der Waals surface area contributed by atoms with Crippen LogP contribution in [0.2, 0.25) is 0 Å². The zero-order chi connectivity index (χ0) is 69.9. The lowest BCUT2D eigenvalue weighted by Crippen LogP contribution is -2.60. The van der Waals surface area contributed by atoms with Crippen LogP contribution in [-0.2, 0) is 33.2 Å². The molecular weight excluding hydrogens is 1270 g/mol. The van der Waals surface area contributed by atoms with Gasteiger partial charge in [0.05, 0.1) is 11.1 Å². The van der Waals surface area contributed by atoms with E-state index < -0.39 is 39.3 Å². The molecule has 0 N–H and O–H groups in total.